The van der Waals surface area contributed by atoms with E-state index < -0.39 is 5.69 Å². The van der Waals surface area contributed by atoms with Crippen molar-refractivity contribution in [3.63, 3.8) is 0 Å². The molecular formula is C24H20N4O4S. The molecule has 0 saturated heterocycles. The highest BCUT2D eigenvalue weighted by molar-refractivity contribution is 7.17. The zero-order valence-corrected chi connectivity index (χ0v) is 19.0. The summed E-state index contributed by atoms with van der Waals surface area (Å²) in [6.45, 7) is 4.10. The first-order chi connectivity index (χ1) is 16.0. The molecule has 3 aromatic heterocycles. The summed E-state index contributed by atoms with van der Waals surface area (Å²) in [7, 11) is 1.56. The van der Waals surface area contributed by atoms with E-state index in [1.54, 1.807) is 42.8 Å². The number of hydrogen-bond donors (Lipinski definition) is 0. The van der Waals surface area contributed by atoms with Crippen molar-refractivity contribution in [2.45, 2.75) is 20.4 Å². The SMILES string of the molecule is COc1ccc(-n2c(=O)c3sccc3n(Cc3nc(-c4ccc(C)c(C)c4)no3)c2=O)cc1. The van der Waals surface area contributed by atoms with Crippen LogP contribution < -0.4 is 16.0 Å². The van der Waals surface area contributed by atoms with E-state index in [-0.39, 0.29) is 18.0 Å². The van der Waals surface area contributed by atoms with Crippen LogP contribution in [0.2, 0.25) is 0 Å². The highest BCUT2D eigenvalue weighted by Crippen LogP contribution is 2.21. The maximum absolute atomic E-state index is 13.4. The second-order valence-corrected chi connectivity index (χ2v) is 8.57. The number of ether oxygens (including phenoxy) is 1. The maximum atomic E-state index is 13.4. The van der Waals surface area contributed by atoms with Crippen LogP contribution in [0, 0.1) is 13.8 Å². The molecule has 0 spiro atoms. The van der Waals surface area contributed by atoms with E-state index in [9.17, 15) is 9.59 Å². The van der Waals surface area contributed by atoms with Gasteiger partial charge >= 0.3 is 5.69 Å². The van der Waals surface area contributed by atoms with Crippen molar-refractivity contribution >= 4 is 21.6 Å². The van der Waals surface area contributed by atoms with E-state index in [1.807, 2.05) is 32.0 Å². The number of hydrogen-bond acceptors (Lipinski definition) is 7. The summed E-state index contributed by atoms with van der Waals surface area (Å²) in [5.41, 5.74) is 3.28. The molecule has 9 heteroatoms. The predicted octanol–water partition coefficient (Wildman–Crippen LogP) is 3.94. The van der Waals surface area contributed by atoms with Gasteiger partial charge in [-0.15, -0.1) is 11.3 Å². The molecule has 0 fully saturated rings. The van der Waals surface area contributed by atoms with Gasteiger partial charge in [-0.2, -0.15) is 4.98 Å². The van der Waals surface area contributed by atoms with Crippen molar-refractivity contribution in [2.75, 3.05) is 7.11 Å². The van der Waals surface area contributed by atoms with Crippen LogP contribution in [0.25, 0.3) is 27.3 Å². The third-order valence-electron chi connectivity index (χ3n) is 5.61. The molecule has 0 aliphatic rings. The third kappa shape index (κ3) is 3.66. The Kier molecular flexibility index (Phi) is 5.18. The quantitative estimate of drug-likeness (QED) is 0.395. The topological polar surface area (TPSA) is 92.2 Å². The summed E-state index contributed by atoms with van der Waals surface area (Å²) >= 11 is 1.28. The Morgan fingerprint density at radius 3 is 2.55 bits per heavy atom. The Hall–Kier alpha value is -3.98. The lowest BCUT2D eigenvalue weighted by Crippen LogP contribution is -2.38. The Balaban J connectivity index is 1.59. The molecule has 0 bridgehead atoms. The Labute approximate surface area is 192 Å². The molecule has 0 N–H and O–H groups in total. The average Bonchev–Trinajstić information content (AvgIpc) is 3.49. The number of benzene rings is 2. The minimum atomic E-state index is -0.484. The van der Waals surface area contributed by atoms with E-state index in [2.05, 4.69) is 10.1 Å². The highest BCUT2D eigenvalue weighted by Gasteiger charge is 2.18. The van der Waals surface area contributed by atoms with E-state index in [1.165, 1.54) is 21.5 Å². The summed E-state index contributed by atoms with van der Waals surface area (Å²) in [5, 5.41) is 5.87. The summed E-state index contributed by atoms with van der Waals surface area (Å²) in [4.78, 5) is 31.0. The molecule has 0 saturated carbocycles. The van der Waals surface area contributed by atoms with Crippen LogP contribution in [-0.2, 0) is 6.54 Å². The van der Waals surface area contributed by atoms with Gasteiger partial charge in [0.15, 0.2) is 0 Å². The van der Waals surface area contributed by atoms with Crippen molar-refractivity contribution < 1.29 is 9.26 Å². The van der Waals surface area contributed by atoms with Crippen molar-refractivity contribution in [2.24, 2.45) is 0 Å². The first kappa shape index (κ1) is 20.9. The van der Waals surface area contributed by atoms with Gasteiger partial charge in [0, 0.05) is 5.56 Å². The molecule has 0 unspecified atom stereocenters. The number of thiophene rings is 1. The first-order valence-corrected chi connectivity index (χ1v) is 11.1. The van der Waals surface area contributed by atoms with Crippen molar-refractivity contribution in [1.29, 1.82) is 0 Å². The van der Waals surface area contributed by atoms with Gasteiger partial charge in [-0.1, -0.05) is 17.3 Å². The fourth-order valence-electron chi connectivity index (χ4n) is 3.65. The van der Waals surface area contributed by atoms with Gasteiger partial charge in [0.05, 0.1) is 18.3 Å². The zero-order chi connectivity index (χ0) is 23.1. The van der Waals surface area contributed by atoms with Crippen molar-refractivity contribution in [3.05, 3.63) is 91.8 Å². The maximum Gasteiger partial charge on any atom is 0.336 e. The van der Waals surface area contributed by atoms with Crippen LogP contribution in [0.3, 0.4) is 0 Å². The van der Waals surface area contributed by atoms with Crippen LogP contribution in [-0.4, -0.2) is 26.4 Å². The van der Waals surface area contributed by atoms with Gasteiger partial charge in [0.25, 0.3) is 5.56 Å². The van der Waals surface area contributed by atoms with Gasteiger partial charge in [-0.05, 0) is 66.8 Å². The summed E-state index contributed by atoms with van der Waals surface area (Å²) in [5.74, 6) is 1.36. The van der Waals surface area contributed by atoms with Crippen LogP contribution >= 0.6 is 11.3 Å². The number of aromatic nitrogens is 4. The second kappa shape index (κ2) is 8.18. The molecule has 33 heavy (non-hydrogen) atoms. The minimum Gasteiger partial charge on any atom is -0.497 e. The number of rotatable bonds is 5. The molecule has 5 rings (SSSR count). The number of nitrogens with zero attached hydrogens (tertiary/aromatic N) is 4. The molecule has 5 aromatic rings. The van der Waals surface area contributed by atoms with Crippen LogP contribution in [0.5, 0.6) is 5.75 Å². The number of methoxy groups -OCH3 is 1. The highest BCUT2D eigenvalue weighted by atomic mass is 32.1. The standard InChI is InChI=1S/C24H20N4O4S/c1-14-4-5-16(12-15(14)2)22-25-20(32-26-22)13-27-19-10-11-33-21(19)23(29)28(24(27)30)17-6-8-18(31-3)9-7-17/h4-12H,13H2,1-3H3. The van der Waals surface area contributed by atoms with Crippen LogP contribution in [0.15, 0.2) is 68.0 Å². The van der Waals surface area contributed by atoms with Crippen molar-refractivity contribution in [3.8, 4) is 22.8 Å². The molecule has 0 radical (unpaired) electrons. The Morgan fingerprint density at radius 1 is 1.03 bits per heavy atom. The monoisotopic (exact) mass is 460 g/mol. The zero-order valence-electron chi connectivity index (χ0n) is 18.2. The average molecular weight is 461 g/mol. The second-order valence-electron chi connectivity index (χ2n) is 7.65. The smallest absolute Gasteiger partial charge is 0.336 e. The molecule has 3 heterocycles. The predicted molar refractivity (Wildman–Crippen MR) is 127 cm³/mol. The van der Waals surface area contributed by atoms with Gasteiger partial charge in [0.1, 0.15) is 17.0 Å². The van der Waals surface area contributed by atoms with E-state index in [4.69, 9.17) is 9.26 Å². The van der Waals surface area contributed by atoms with E-state index in [0.29, 0.717) is 27.5 Å². The molecular weight excluding hydrogens is 440 g/mol. The van der Waals surface area contributed by atoms with Gasteiger partial charge in [-0.3, -0.25) is 9.36 Å². The first-order valence-electron chi connectivity index (χ1n) is 10.2. The fraction of sp³-hybridized carbons (Fsp3) is 0.167. The summed E-state index contributed by atoms with van der Waals surface area (Å²) in [6.07, 6.45) is 0. The lowest BCUT2D eigenvalue weighted by molar-refractivity contribution is 0.370. The molecule has 0 aliphatic heterocycles. The molecule has 0 atom stereocenters. The molecule has 2 aromatic carbocycles. The van der Waals surface area contributed by atoms with E-state index in [0.717, 1.165) is 15.7 Å². The lowest BCUT2D eigenvalue weighted by Gasteiger charge is -2.11. The van der Waals surface area contributed by atoms with Gasteiger partial charge in [-0.25, -0.2) is 9.36 Å². The summed E-state index contributed by atoms with van der Waals surface area (Å²) in [6, 6.07) is 14.5. The lowest BCUT2D eigenvalue weighted by atomic mass is 10.1. The molecule has 0 aliphatic carbocycles. The molecule has 166 valence electrons. The normalized spacial score (nSPS) is 11.2. The Bertz CT molecular complexity index is 1590. The molecule has 0 amide bonds. The Morgan fingerprint density at radius 2 is 1.82 bits per heavy atom. The van der Waals surface area contributed by atoms with Crippen LogP contribution in [0.4, 0.5) is 0 Å². The summed E-state index contributed by atoms with van der Waals surface area (Å²) < 4.78 is 13.7. The van der Waals surface area contributed by atoms with Gasteiger partial charge < -0.3 is 9.26 Å². The van der Waals surface area contributed by atoms with Gasteiger partial charge in [0.2, 0.25) is 11.7 Å². The number of fused-ring (bicyclic) bond motifs is 1. The van der Waals surface area contributed by atoms with Crippen molar-refractivity contribution in [1.82, 2.24) is 19.3 Å². The fourth-order valence-corrected chi connectivity index (χ4v) is 4.48. The minimum absolute atomic E-state index is 0.0420. The molecule has 8 nitrogen and oxygen atoms in total. The number of aryl methyl sites for hydroxylation is 2. The van der Waals surface area contributed by atoms with E-state index >= 15 is 0 Å². The largest absolute Gasteiger partial charge is 0.497 e. The van der Waals surface area contributed by atoms with Crippen LogP contribution in [0.1, 0.15) is 17.0 Å². The third-order valence-corrected chi connectivity index (χ3v) is 6.50.